The number of nitrogens with zero attached hydrogens (tertiary/aromatic N) is 1. The number of carbonyl (C=O) groups excluding carboxylic acids is 1. The fourth-order valence-corrected chi connectivity index (χ4v) is 2.84. The number of aliphatic carboxylic acids is 1. The smallest absolute Gasteiger partial charge is 0.416 e. The number of carbonyl (C=O) groups is 2. The Bertz CT molecular complexity index is 1170. The van der Waals surface area contributed by atoms with Gasteiger partial charge in [0.2, 0.25) is 0 Å². The summed E-state index contributed by atoms with van der Waals surface area (Å²) in [5, 5.41) is 11.9. The van der Waals surface area contributed by atoms with E-state index < -0.39 is 34.7 Å². The zero-order valence-electron chi connectivity index (χ0n) is 16.0. The first-order valence-electron chi connectivity index (χ1n) is 8.91. The van der Waals surface area contributed by atoms with Crippen molar-refractivity contribution in [1.82, 2.24) is 15.3 Å². The van der Waals surface area contributed by atoms with Gasteiger partial charge in [-0.3, -0.25) is 9.59 Å². The molecule has 0 bridgehead atoms. The molecule has 1 unspecified atom stereocenters. The molecule has 0 aliphatic carbocycles. The molecule has 3 N–H and O–H groups in total. The predicted octanol–water partition coefficient (Wildman–Crippen LogP) is 3.19. The van der Waals surface area contributed by atoms with Crippen molar-refractivity contribution in [3.05, 3.63) is 87.8 Å². The number of alkyl halides is 3. The van der Waals surface area contributed by atoms with Gasteiger partial charge < -0.3 is 15.4 Å². The van der Waals surface area contributed by atoms with Gasteiger partial charge in [-0.2, -0.15) is 13.2 Å². The van der Waals surface area contributed by atoms with Crippen LogP contribution in [0.2, 0.25) is 0 Å². The van der Waals surface area contributed by atoms with E-state index in [0.717, 1.165) is 37.3 Å². The van der Waals surface area contributed by atoms with Crippen LogP contribution in [0.4, 0.5) is 13.2 Å². The van der Waals surface area contributed by atoms with Crippen LogP contribution in [0.5, 0.6) is 0 Å². The molecule has 0 spiro atoms. The normalized spacial score (nSPS) is 13.3. The molecule has 0 radical (unpaired) electrons. The van der Waals surface area contributed by atoms with Crippen LogP contribution in [0.25, 0.3) is 11.4 Å². The van der Waals surface area contributed by atoms with Crippen molar-refractivity contribution < 1.29 is 27.9 Å². The predicted molar refractivity (Wildman–Crippen MR) is 104 cm³/mol. The van der Waals surface area contributed by atoms with Crippen molar-refractivity contribution in [2.75, 3.05) is 0 Å². The van der Waals surface area contributed by atoms with Crippen molar-refractivity contribution in [3.63, 3.8) is 0 Å². The van der Waals surface area contributed by atoms with Crippen LogP contribution in [-0.2, 0) is 16.5 Å². The number of aromatic nitrogens is 2. The molecule has 0 saturated heterocycles. The first kappa shape index (κ1) is 21.8. The van der Waals surface area contributed by atoms with Crippen LogP contribution >= 0.6 is 0 Å². The molecule has 1 atom stereocenters. The summed E-state index contributed by atoms with van der Waals surface area (Å²) in [7, 11) is 0. The molecular weight excluding hydrogens is 415 g/mol. The summed E-state index contributed by atoms with van der Waals surface area (Å²) in [6, 6.07) is 12.8. The van der Waals surface area contributed by atoms with E-state index >= 15 is 0 Å². The molecule has 7 nitrogen and oxygen atoms in total. The van der Waals surface area contributed by atoms with E-state index in [-0.39, 0.29) is 17.1 Å². The van der Waals surface area contributed by atoms with Crippen LogP contribution < -0.4 is 10.9 Å². The van der Waals surface area contributed by atoms with Gasteiger partial charge >= 0.3 is 12.1 Å². The summed E-state index contributed by atoms with van der Waals surface area (Å²) in [6.45, 7) is 1.13. The number of hydrogen-bond acceptors (Lipinski definition) is 4. The largest absolute Gasteiger partial charge is 0.479 e. The fourth-order valence-electron chi connectivity index (χ4n) is 2.84. The van der Waals surface area contributed by atoms with Crippen molar-refractivity contribution >= 4 is 11.9 Å². The second kappa shape index (κ2) is 8.05. The Labute approximate surface area is 173 Å². The Hall–Kier alpha value is -3.95. The van der Waals surface area contributed by atoms with Crippen molar-refractivity contribution in [1.29, 1.82) is 0 Å². The third kappa shape index (κ3) is 4.63. The molecule has 1 heterocycles. The molecule has 31 heavy (non-hydrogen) atoms. The number of carboxylic acids is 1. The lowest BCUT2D eigenvalue weighted by Crippen LogP contribution is -2.50. The minimum atomic E-state index is -4.59. The highest BCUT2D eigenvalue weighted by Gasteiger charge is 2.38. The van der Waals surface area contributed by atoms with Gasteiger partial charge in [-0.25, -0.2) is 9.78 Å². The average molecular weight is 431 g/mol. The van der Waals surface area contributed by atoms with Crippen molar-refractivity contribution in [2.45, 2.75) is 18.6 Å². The van der Waals surface area contributed by atoms with Crippen molar-refractivity contribution in [2.24, 2.45) is 0 Å². The Balaban J connectivity index is 1.95. The van der Waals surface area contributed by atoms with E-state index in [1.54, 1.807) is 30.3 Å². The van der Waals surface area contributed by atoms with Gasteiger partial charge in [-0.1, -0.05) is 42.5 Å². The van der Waals surface area contributed by atoms with E-state index in [4.69, 9.17) is 0 Å². The lowest BCUT2D eigenvalue weighted by Gasteiger charge is -2.27. The Morgan fingerprint density at radius 3 is 2.13 bits per heavy atom. The van der Waals surface area contributed by atoms with Crippen LogP contribution in [0, 0.1) is 0 Å². The number of benzene rings is 2. The highest BCUT2D eigenvalue weighted by atomic mass is 19.4. The van der Waals surface area contributed by atoms with Crippen LogP contribution in [0.15, 0.2) is 65.5 Å². The summed E-state index contributed by atoms with van der Waals surface area (Å²) in [4.78, 5) is 43.2. The number of hydrogen-bond donors (Lipinski definition) is 3. The maximum atomic E-state index is 12.8. The van der Waals surface area contributed by atoms with Crippen LogP contribution in [0.3, 0.4) is 0 Å². The molecule has 0 aliphatic rings. The van der Waals surface area contributed by atoms with Crippen LogP contribution in [0.1, 0.15) is 28.5 Å². The summed E-state index contributed by atoms with van der Waals surface area (Å²) in [5.41, 5.74) is -3.57. The molecule has 1 amide bonds. The summed E-state index contributed by atoms with van der Waals surface area (Å²) in [5.74, 6) is -2.38. The van der Waals surface area contributed by atoms with E-state index in [1.807, 2.05) is 0 Å². The zero-order chi connectivity index (χ0) is 22.8. The average Bonchev–Trinajstić information content (AvgIpc) is 2.73. The molecule has 0 aliphatic heterocycles. The van der Waals surface area contributed by atoms with E-state index in [2.05, 4.69) is 15.3 Å². The SMILES string of the molecule is CC(NC(=O)c1cc(=O)[nH]c(-c2ccccc2)n1)(C(=O)O)c1ccc(C(F)(F)F)cc1. The molecule has 0 saturated carbocycles. The number of aromatic amines is 1. The van der Waals surface area contributed by atoms with Gasteiger partial charge in [0.25, 0.3) is 11.5 Å². The molecule has 10 heteroatoms. The summed E-state index contributed by atoms with van der Waals surface area (Å²) >= 11 is 0. The quantitative estimate of drug-likeness (QED) is 0.575. The topological polar surface area (TPSA) is 112 Å². The standard InChI is InChI=1S/C21H16F3N3O4/c1-20(19(30)31,13-7-9-14(10-8-13)21(22,23)24)27-18(29)15-11-16(28)26-17(25-15)12-5-3-2-4-6-12/h2-11H,1H3,(H,27,29)(H,30,31)(H,25,26,28). The number of halogens is 3. The molecule has 0 fully saturated rings. The molecule has 160 valence electrons. The molecule has 3 aromatic rings. The first-order chi connectivity index (χ1) is 14.5. The van der Waals surface area contributed by atoms with Gasteiger partial charge in [0.15, 0.2) is 5.54 Å². The van der Waals surface area contributed by atoms with Gasteiger partial charge in [-0.05, 0) is 24.6 Å². The van der Waals surface area contributed by atoms with Gasteiger partial charge in [0.05, 0.1) is 5.56 Å². The van der Waals surface area contributed by atoms with Crippen molar-refractivity contribution in [3.8, 4) is 11.4 Å². The number of nitrogens with one attached hydrogen (secondary N) is 2. The number of H-pyrrole nitrogens is 1. The van der Waals surface area contributed by atoms with Gasteiger partial charge in [-0.15, -0.1) is 0 Å². The van der Waals surface area contributed by atoms with Gasteiger partial charge in [0.1, 0.15) is 11.5 Å². The van der Waals surface area contributed by atoms with Crippen LogP contribution in [-0.4, -0.2) is 27.0 Å². The molecule has 2 aromatic carbocycles. The van der Waals surface area contributed by atoms with Gasteiger partial charge in [0, 0.05) is 11.6 Å². The van der Waals surface area contributed by atoms with E-state index in [9.17, 15) is 32.7 Å². The monoisotopic (exact) mass is 431 g/mol. The molecular formula is C21H16F3N3O4. The second-order valence-electron chi connectivity index (χ2n) is 6.80. The third-order valence-electron chi connectivity index (χ3n) is 4.60. The maximum Gasteiger partial charge on any atom is 0.416 e. The third-order valence-corrected chi connectivity index (χ3v) is 4.60. The minimum absolute atomic E-state index is 0.0885. The summed E-state index contributed by atoms with van der Waals surface area (Å²) in [6.07, 6.45) is -4.59. The lowest BCUT2D eigenvalue weighted by molar-refractivity contribution is -0.144. The zero-order valence-corrected chi connectivity index (χ0v) is 16.0. The first-order valence-corrected chi connectivity index (χ1v) is 8.91. The minimum Gasteiger partial charge on any atom is -0.479 e. The maximum absolute atomic E-state index is 12.8. The lowest BCUT2D eigenvalue weighted by atomic mass is 9.91. The Morgan fingerprint density at radius 1 is 1.00 bits per heavy atom. The summed E-state index contributed by atoms with van der Waals surface area (Å²) < 4.78 is 38.4. The fraction of sp³-hybridized carbons (Fsp3) is 0.143. The number of rotatable bonds is 5. The highest BCUT2D eigenvalue weighted by Crippen LogP contribution is 2.31. The molecule has 3 rings (SSSR count). The number of carboxylic acid groups (broad SMARTS) is 1. The Kier molecular flexibility index (Phi) is 5.65. The Morgan fingerprint density at radius 2 is 1.58 bits per heavy atom. The number of amides is 1. The van der Waals surface area contributed by atoms with E-state index in [0.29, 0.717) is 5.56 Å². The van der Waals surface area contributed by atoms with E-state index in [1.165, 1.54) is 0 Å². The second-order valence-corrected chi connectivity index (χ2v) is 6.80. The highest BCUT2D eigenvalue weighted by molar-refractivity contribution is 5.96. The molecule has 1 aromatic heterocycles.